The molecule has 0 saturated carbocycles. The molecule has 0 rings (SSSR count). The van der Waals surface area contributed by atoms with Crippen LogP contribution in [0.4, 0.5) is 0 Å². The molecule has 0 radical (unpaired) electrons. The van der Waals surface area contributed by atoms with Crippen LogP contribution in [0.15, 0.2) is 0 Å². The van der Waals surface area contributed by atoms with E-state index in [1.54, 1.807) is 0 Å². The summed E-state index contributed by atoms with van der Waals surface area (Å²) in [4.78, 5) is 11.9. The van der Waals surface area contributed by atoms with Gasteiger partial charge in [-0.2, -0.15) is 0 Å². The lowest BCUT2D eigenvalue weighted by Crippen LogP contribution is -2.35. The van der Waals surface area contributed by atoms with Crippen molar-refractivity contribution in [2.24, 2.45) is 5.92 Å². The van der Waals surface area contributed by atoms with E-state index in [0.717, 1.165) is 12.8 Å². The molecule has 0 aliphatic rings. The zero-order chi connectivity index (χ0) is 13.1. The van der Waals surface area contributed by atoms with E-state index in [9.17, 15) is 4.79 Å². The van der Waals surface area contributed by atoms with Crippen molar-refractivity contribution in [1.29, 1.82) is 0 Å². The predicted molar refractivity (Wildman–Crippen MR) is 75.3 cm³/mol. The van der Waals surface area contributed by atoms with Gasteiger partial charge in [-0.1, -0.05) is 53.4 Å². The average molecular weight is 241 g/mol. The molecular formula is C15H31NO. The van der Waals surface area contributed by atoms with E-state index < -0.39 is 0 Å². The molecule has 0 aromatic carbocycles. The van der Waals surface area contributed by atoms with Gasteiger partial charge in [-0.15, -0.1) is 0 Å². The number of carbonyl (C=O) groups excluding carboxylic acids is 1. The molecule has 0 spiro atoms. The maximum Gasteiger partial charge on any atom is 0.149 e. The first kappa shape index (κ1) is 16.6. The summed E-state index contributed by atoms with van der Waals surface area (Å²) in [5.41, 5.74) is 0. The normalized spacial score (nSPS) is 14.6. The van der Waals surface area contributed by atoms with E-state index in [-0.39, 0.29) is 5.92 Å². The molecule has 0 bridgehead atoms. The molecule has 0 aliphatic heterocycles. The first-order chi connectivity index (χ1) is 8.15. The van der Waals surface area contributed by atoms with Crippen molar-refractivity contribution < 1.29 is 4.79 Å². The van der Waals surface area contributed by atoms with Gasteiger partial charge in [0.05, 0.1) is 6.54 Å². The standard InChI is InChI=1S/C15H31NO/c1-5-8-10-13(4)15(17)12-16-14(7-3)11-9-6-2/h13-14,16H,5-12H2,1-4H3. The van der Waals surface area contributed by atoms with Crippen LogP contribution in [-0.2, 0) is 4.79 Å². The van der Waals surface area contributed by atoms with Crippen molar-refractivity contribution in [1.82, 2.24) is 5.32 Å². The van der Waals surface area contributed by atoms with Gasteiger partial charge in [-0.25, -0.2) is 0 Å². The Morgan fingerprint density at radius 1 is 1.06 bits per heavy atom. The molecule has 0 aromatic heterocycles. The Balaban J connectivity index is 3.78. The molecule has 0 amide bonds. The number of Topliss-reactive ketones (excluding diaryl/α,β-unsaturated/α-hetero) is 1. The van der Waals surface area contributed by atoms with Crippen molar-refractivity contribution in [3.8, 4) is 0 Å². The number of ketones is 1. The SMILES string of the molecule is CCCCC(CC)NCC(=O)C(C)CCCC. The summed E-state index contributed by atoms with van der Waals surface area (Å²) in [6.45, 7) is 9.20. The Hall–Kier alpha value is -0.370. The number of hydrogen-bond acceptors (Lipinski definition) is 2. The van der Waals surface area contributed by atoms with E-state index in [0.29, 0.717) is 18.4 Å². The van der Waals surface area contributed by atoms with Crippen molar-refractivity contribution in [3.63, 3.8) is 0 Å². The number of unbranched alkanes of at least 4 members (excludes halogenated alkanes) is 2. The van der Waals surface area contributed by atoms with Gasteiger partial charge in [0.15, 0.2) is 0 Å². The first-order valence-electron chi connectivity index (χ1n) is 7.41. The fourth-order valence-electron chi connectivity index (χ4n) is 1.99. The molecule has 0 heterocycles. The van der Waals surface area contributed by atoms with Crippen LogP contribution in [0.5, 0.6) is 0 Å². The highest BCUT2D eigenvalue weighted by Crippen LogP contribution is 2.09. The van der Waals surface area contributed by atoms with Gasteiger partial charge in [-0.3, -0.25) is 4.79 Å². The minimum Gasteiger partial charge on any atom is -0.307 e. The minimum atomic E-state index is 0.228. The van der Waals surface area contributed by atoms with Crippen LogP contribution in [0, 0.1) is 5.92 Å². The molecular weight excluding hydrogens is 210 g/mol. The maximum atomic E-state index is 11.9. The third kappa shape index (κ3) is 8.37. The summed E-state index contributed by atoms with van der Waals surface area (Å²) in [6, 6.07) is 0.525. The zero-order valence-electron chi connectivity index (χ0n) is 12.2. The Morgan fingerprint density at radius 2 is 1.65 bits per heavy atom. The molecule has 0 saturated heterocycles. The van der Waals surface area contributed by atoms with Crippen LogP contribution in [0.3, 0.4) is 0 Å². The smallest absolute Gasteiger partial charge is 0.149 e. The molecule has 1 N–H and O–H groups in total. The fourth-order valence-corrected chi connectivity index (χ4v) is 1.99. The van der Waals surface area contributed by atoms with E-state index in [2.05, 4.69) is 33.0 Å². The minimum absolute atomic E-state index is 0.228. The molecule has 2 atom stereocenters. The van der Waals surface area contributed by atoms with Crippen molar-refractivity contribution in [2.75, 3.05) is 6.54 Å². The molecule has 102 valence electrons. The Labute approximate surface area is 108 Å². The van der Waals surface area contributed by atoms with E-state index in [4.69, 9.17) is 0 Å². The summed E-state index contributed by atoms with van der Waals surface area (Å²) in [5, 5.41) is 3.41. The Bertz CT molecular complexity index is 191. The summed E-state index contributed by atoms with van der Waals surface area (Å²) in [6.07, 6.45) is 8.20. The molecule has 17 heavy (non-hydrogen) atoms. The van der Waals surface area contributed by atoms with Gasteiger partial charge in [0.2, 0.25) is 0 Å². The lowest BCUT2D eigenvalue weighted by molar-refractivity contribution is -0.121. The van der Waals surface area contributed by atoms with E-state index in [1.807, 2.05) is 0 Å². The Morgan fingerprint density at radius 3 is 2.18 bits per heavy atom. The van der Waals surface area contributed by atoms with Gasteiger partial charge in [0.25, 0.3) is 0 Å². The molecule has 2 heteroatoms. The molecule has 0 fully saturated rings. The highest BCUT2D eigenvalue weighted by atomic mass is 16.1. The van der Waals surface area contributed by atoms with Crippen LogP contribution in [0.1, 0.15) is 72.6 Å². The fraction of sp³-hybridized carbons (Fsp3) is 0.933. The number of nitrogens with one attached hydrogen (secondary N) is 1. The van der Waals surface area contributed by atoms with Gasteiger partial charge < -0.3 is 5.32 Å². The summed E-state index contributed by atoms with van der Waals surface area (Å²) < 4.78 is 0. The summed E-state index contributed by atoms with van der Waals surface area (Å²) >= 11 is 0. The predicted octanol–water partition coefficient (Wildman–Crippen LogP) is 3.94. The van der Waals surface area contributed by atoms with Crippen LogP contribution < -0.4 is 5.32 Å². The lowest BCUT2D eigenvalue weighted by atomic mass is 9.99. The highest BCUT2D eigenvalue weighted by Gasteiger charge is 2.13. The topological polar surface area (TPSA) is 29.1 Å². The second-order valence-corrected chi connectivity index (χ2v) is 5.14. The molecule has 2 nitrogen and oxygen atoms in total. The van der Waals surface area contributed by atoms with Crippen LogP contribution in [0.25, 0.3) is 0 Å². The van der Waals surface area contributed by atoms with Gasteiger partial charge in [-0.05, 0) is 19.3 Å². The van der Waals surface area contributed by atoms with E-state index >= 15 is 0 Å². The number of carbonyl (C=O) groups is 1. The second kappa shape index (κ2) is 10.8. The molecule has 0 aliphatic carbocycles. The van der Waals surface area contributed by atoms with Gasteiger partial charge in [0, 0.05) is 12.0 Å². The van der Waals surface area contributed by atoms with Crippen molar-refractivity contribution in [2.45, 2.75) is 78.7 Å². The summed E-state index contributed by atoms with van der Waals surface area (Å²) in [5.74, 6) is 0.611. The number of rotatable bonds is 11. The van der Waals surface area contributed by atoms with Crippen molar-refractivity contribution in [3.05, 3.63) is 0 Å². The quantitative estimate of drug-likeness (QED) is 0.593. The third-order valence-corrected chi connectivity index (χ3v) is 3.50. The average Bonchev–Trinajstić information content (AvgIpc) is 2.35. The maximum absolute atomic E-state index is 11.9. The van der Waals surface area contributed by atoms with Gasteiger partial charge in [0.1, 0.15) is 5.78 Å². The second-order valence-electron chi connectivity index (χ2n) is 5.14. The van der Waals surface area contributed by atoms with Crippen LogP contribution in [-0.4, -0.2) is 18.4 Å². The first-order valence-corrected chi connectivity index (χ1v) is 7.41. The Kier molecular flexibility index (Phi) is 10.5. The van der Waals surface area contributed by atoms with Crippen LogP contribution >= 0.6 is 0 Å². The third-order valence-electron chi connectivity index (χ3n) is 3.50. The van der Waals surface area contributed by atoms with E-state index in [1.165, 1.54) is 32.1 Å². The zero-order valence-corrected chi connectivity index (χ0v) is 12.2. The van der Waals surface area contributed by atoms with Crippen LogP contribution in [0.2, 0.25) is 0 Å². The summed E-state index contributed by atoms with van der Waals surface area (Å²) in [7, 11) is 0. The lowest BCUT2D eigenvalue weighted by Gasteiger charge is -2.17. The van der Waals surface area contributed by atoms with Gasteiger partial charge >= 0.3 is 0 Å². The van der Waals surface area contributed by atoms with Crippen molar-refractivity contribution >= 4 is 5.78 Å². The number of hydrogen-bond donors (Lipinski definition) is 1. The monoisotopic (exact) mass is 241 g/mol. The largest absolute Gasteiger partial charge is 0.307 e. The highest BCUT2D eigenvalue weighted by molar-refractivity contribution is 5.82. The molecule has 2 unspecified atom stereocenters. The molecule has 0 aromatic rings.